The number of hydrogen-bond acceptors (Lipinski definition) is 4. The molecule has 0 atom stereocenters. The zero-order valence-corrected chi connectivity index (χ0v) is 18.5. The van der Waals surface area contributed by atoms with Crippen molar-refractivity contribution in [3.63, 3.8) is 0 Å². The molecule has 1 aromatic rings. The first-order valence-electron chi connectivity index (χ1n) is 8.90. The number of para-hydroxylation sites is 1. The topological polar surface area (TPSA) is 64.1 Å². The first-order chi connectivity index (χ1) is 13.0. The maximum atomic E-state index is 12.4. The fourth-order valence-corrected chi connectivity index (χ4v) is 2.08. The second-order valence-corrected chi connectivity index (χ2v) is 5.59. The van der Waals surface area contributed by atoms with E-state index >= 15 is 0 Å². The van der Waals surface area contributed by atoms with Crippen molar-refractivity contribution < 1.29 is 27.4 Å². The third kappa shape index (κ3) is 13.0. The van der Waals surface area contributed by atoms with Gasteiger partial charge in [0.15, 0.2) is 5.96 Å². The highest BCUT2D eigenvalue weighted by molar-refractivity contribution is 14.0. The third-order valence-electron chi connectivity index (χ3n) is 3.42. The van der Waals surface area contributed by atoms with Gasteiger partial charge in [0.25, 0.3) is 0 Å². The molecule has 0 aliphatic heterocycles. The molecule has 162 valence electrons. The number of benzene rings is 1. The lowest BCUT2D eigenvalue weighted by Gasteiger charge is -2.15. The van der Waals surface area contributed by atoms with Gasteiger partial charge in [0.05, 0.1) is 19.8 Å². The van der Waals surface area contributed by atoms with Gasteiger partial charge < -0.3 is 24.8 Å². The molecule has 0 spiro atoms. The average Bonchev–Trinajstić information content (AvgIpc) is 2.62. The fourth-order valence-electron chi connectivity index (χ4n) is 2.08. The van der Waals surface area contributed by atoms with E-state index in [1.54, 1.807) is 19.2 Å². The van der Waals surface area contributed by atoms with Crippen LogP contribution in [0.2, 0.25) is 0 Å². The number of nitrogens with zero attached hydrogens (tertiary/aromatic N) is 1. The van der Waals surface area contributed by atoms with Crippen molar-refractivity contribution in [1.29, 1.82) is 0 Å². The molecule has 0 unspecified atom stereocenters. The van der Waals surface area contributed by atoms with Crippen molar-refractivity contribution in [1.82, 2.24) is 10.6 Å². The van der Waals surface area contributed by atoms with Crippen LogP contribution in [0.4, 0.5) is 13.2 Å². The fraction of sp³-hybridized carbons (Fsp3) is 0.611. The van der Waals surface area contributed by atoms with E-state index in [2.05, 4.69) is 27.3 Å². The Morgan fingerprint density at radius 3 is 2.36 bits per heavy atom. The van der Waals surface area contributed by atoms with Crippen molar-refractivity contribution in [3.05, 3.63) is 29.8 Å². The first kappa shape index (κ1) is 26.7. The number of halogens is 4. The Hall–Kier alpha value is -1.27. The minimum atomic E-state index is -4.73. The molecule has 0 aliphatic carbocycles. The standard InChI is InChI=1S/C18H28F3N3O3.HI/c1-3-4-10-25-12-13-26-11-9-23-17(22-2)24-14-15-7-5-6-8-16(15)27-18(19,20)21;/h5-8H,3-4,9-14H2,1-2H3,(H2,22,23,24);1H. The maximum Gasteiger partial charge on any atom is 0.573 e. The number of alkyl halides is 3. The molecule has 0 saturated carbocycles. The van der Waals surface area contributed by atoms with Gasteiger partial charge in [-0.2, -0.15) is 0 Å². The van der Waals surface area contributed by atoms with Crippen LogP contribution < -0.4 is 15.4 Å². The predicted molar refractivity (Wildman–Crippen MR) is 113 cm³/mol. The second kappa shape index (κ2) is 15.6. The minimum Gasteiger partial charge on any atom is -0.405 e. The summed E-state index contributed by atoms with van der Waals surface area (Å²) in [7, 11) is 1.58. The summed E-state index contributed by atoms with van der Waals surface area (Å²) >= 11 is 0. The normalized spacial score (nSPS) is 11.7. The molecule has 0 aromatic heterocycles. The number of guanidine groups is 1. The van der Waals surface area contributed by atoms with E-state index in [-0.39, 0.29) is 36.3 Å². The van der Waals surface area contributed by atoms with Gasteiger partial charge in [0.2, 0.25) is 0 Å². The summed E-state index contributed by atoms with van der Waals surface area (Å²) in [5, 5.41) is 5.98. The van der Waals surface area contributed by atoms with E-state index in [1.165, 1.54) is 12.1 Å². The van der Waals surface area contributed by atoms with Gasteiger partial charge in [-0.1, -0.05) is 31.5 Å². The van der Waals surface area contributed by atoms with Gasteiger partial charge in [-0.25, -0.2) is 0 Å². The summed E-state index contributed by atoms with van der Waals surface area (Å²) in [5.41, 5.74) is 0.373. The van der Waals surface area contributed by atoms with Crippen LogP contribution in [-0.4, -0.2) is 52.3 Å². The highest BCUT2D eigenvalue weighted by atomic mass is 127. The molecule has 6 nitrogen and oxygen atoms in total. The monoisotopic (exact) mass is 519 g/mol. The molecule has 1 aromatic carbocycles. The average molecular weight is 519 g/mol. The summed E-state index contributed by atoms with van der Waals surface area (Å²) in [6, 6.07) is 5.97. The van der Waals surface area contributed by atoms with Gasteiger partial charge in [-0.3, -0.25) is 4.99 Å². The maximum absolute atomic E-state index is 12.4. The smallest absolute Gasteiger partial charge is 0.405 e. The van der Waals surface area contributed by atoms with Gasteiger partial charge in [-0.15, -0.1) is 37.1 Å². The molecule has 10 heteroatoms. The molecule has 0 bridgehead atoms. The Balaban J connectivity index is 0.00000729. The van der Waals surface area contributed by atoms with Gasteiger partial charge >= 0.3 is 6.36 Å². The third-order valence-corrected chi connectivity index (χ3v) is 3.42. The van der Waals surface area contributed by atoms with E-state index < -0.39 is 6.36 Å². The van der Waals surface area contributed by atoms with Crippen LogP contribution in [0.3, 0.4) is 0 Å². The first-order valence-corrected chi connectivity index (χ1v) is 8.90. The van der Waals surface area contributed by atoms with Crippen molar-refractivity contribution in [2.24, 2.45) is 4.99 Å². The van der Waals surface area contributed by atoms with Crippen molar-refractivity contribution in [3.8, 4) is 5.75 Å². The number of aliphatic imine (C=N–C) groups is 1. The Bertz CT molecular complexity index is 560. The number of unbranched alkanes of at least 4 members (excludes halogenated alkanes) is 1. The van der Waals surface area contributed by atoms with Crippen LogP contribution in [0.1, 0.15) is 25.3 Å². The predicted octanol–water partition coefficient (Wildman–Crippen LogP) is 3.70. The zero-order valence-electron chi connectivity index (χ0n) is 16.2. The van der Waals surface area contributed by atoms with Gasteiger partial charge in [-0.05, 0) is 12.5 Å². The van der Waals surface area contributed by atoms with E-state index in [0.29, 0.717) is 37.9 Å². The number of nitrogens with one attached hydrogen (secondary N) is 2. The molecular formula is C18H29F3IN3O3. The zero-order chi connectivity index (χ0) is 20.0. The second-order valence-electron chi connectivity index (χ2n) is 5.59. The molecule has 28 heavy (non-hydrogen) atoms. The summed E-state index contributed by atoms with van der Waals surface area (Å²) in [6.45, 7) is 5.03. The van der Waals surface area contributed by atoms with Crippen LogP contribution in [-0.2, 0) is 16.0 Å². The SMILES string of the molecule is CCCCOCCOCCNC(=NC)NCc1ccccc1OC(F)(F)F.I. The summed E-state index contributed by atoms with van der Waals surface area (Å²) in [5.74, 6) is 0.221. The Kier molecular flexibility index (Phi) is 14.9. The summed E-state index contributed by atoms with van der Waals surface area (Å²) in [6.07, 6.45) is -2.59. The molecule has 0 radical (unpaired) electrons. The van der Waals surface area contributed by atoms with Gasteiger partial charge in [0, 0.05) is 32.3 Å². The van der Waals surface area contributed by atoms with Crippen molar-refractivity contribution in [2.45, 2.75) is 32.7 Å². The molecule has 0 heterocycles. The molecule has 0 aliphatic rings. The quantitative estimate of drug-likeness (QED) is 0.191. The van der Waals surface area contributed by atoms with E-state index in [9.17, 15) is 13.2 Å². The molecule has 0 saturated heterocycles. The van der Waals surface area contributed by atoms with Crippen LogP contribution in [0.5, 0.6) is 5.75 Å². The summed E-state index contributed by atoms with van der Waals surface area (Å²) in [4.78, 5) is 4.03. The molecule has 0 amide bonds. The summed E-state index contributed by atoms with van der Waals surface area (Å²) < 4.78 is 52.2. The lowest BCUT2D eigenvalue weighted by molar-refractivity contribution is -0.274. The molecule has 2 N–H and O–H groups in total. The molecule has 1 rings (SSSR count). The van der Waals surface area contributed by atoms with E-state index in [0.717, 1.165) is 19.4 Å². The molecular weight excluding hydrogens is 490 g/mol. The van der Waals surface area contributed by atoms with Crippen LogP contribution >= 0.6 is 24.0 Å². The number of ether oxygens (including phenoxy) is 3. The lowest BCUT2D eigenvalue weighted by atomic mass is 10.2. The van der Waals surface area contributed by atoms with Gasteiger partial charge in [0.1, 0.15) is 5.75 Å². The van der Waals surface area contributed by atoms with E-state index in [4.69, 9.17) is 9.47 Å². The van der Waals surface area contributed by atoms with Crippen LogP contribution in [0.15, 0.2) is 29.3 Å². The van der Waals surface area contributed by atoms with Crippen LogP contribution in [0.25, 0.3) is 0 Å². The minimum absolute atomic E-state index is 0. The highest BCUT2D eigenvalue weighted by Gasteiger charge is 2.31. The largest absolute Gasteiger partial charge is 0.573 e. The van der Waals surface area contributed by atoms with Crippen LogP contribution in [0, 0.1) is 0 Å². The Morgan fingerprint density at radius 1 is 1.04 bits per heavy atom. The van der Waals surface area contributed by atoms with E-state index in [1.807, 2.05) is 0 Å². The van der Waals surface area contributed by atoms with Crippen molar-refractivity contribution in [2.75, 3.05) is 40.0 Å². The lowest BCUT2D eigenvalue weighted by Crippen LogP contribution is -2.38. The number of rotatable bonds is 12. The number of hydrogen-bond donors (Lipinski definition) is 2. The highest BCUT2D eigenvalue weighted by Crippen LogP contribution is 2.25. The Morgan fingerprint density at radius 2 is 1.71 bits per heavy atom. The van der Waals surface area contributed by atoms with Crippen molar-refractivity contribution >= 4 is 29.9 Å². The Labute approximate surface area is 181 Å². The molecule has 0 fully saturated rings.